The van der Waals surface area contributed by atoms with Gasteiger partial charge in [-0.2, -0.15) is 0 Å². The molecule has 0 aliphatic rings. The molecule has 0 aliphatic heterocycles. The van der Waals surface area contributed by atoms with Gasteiger partial charge in [0.15, 0.2) is 0 Å². The first-order valence-corrected chi connectivity index (χ1v) is 12.0. The molecule has 0 aliphatic carbocycles. The zero-order chi connectivity index (χ0) is 21.0. The van der Waals surface area contributed by atoms with Crippen LogP contribution in [-0.2, 0) is 5.41 Å². The first-order chi connectivity index (χ1) is 13.4. The molecule has 1 aromatic rings. The van der Waals surface area contributed by atoms with Gasteiger partial charge in [0.25, 0.3) is 0 Å². The molecule has 0 radical (unpaired) electrons. The Balaban J connectivity index is 2.97. The van der Waals surface area contributed by atoms with Crippen molar-refractivity contribution in [1.29, 1.82) is 0 Å². The smallest absolute Gasteiger partial charge is 0.147 e. The first kappa shape index (κ1) is 25.3. The van der Waals surface area contributed by atoms with E-state index in [-0.39, 0.29) is 16.3 Å². The van der Waals surface area contributed by atoms with E-state index in [0.29, 0.717) is 6.04 Å². The molecule has 3 heteroatoms. The van der Waals surface area contributed by atoms with Crippen molar-refractivity contribution in [2.75, 3.05) is 5.32 Å². The van der Waals surface area contributed by atoms with E-state index in [1.54, 1.807) is 0 Å². The monoisotopic (exact) mass is 411 g/mol. The van der Waals surface area contributed by atoms with Gasteiger partial charge >= 0.3 is 0 Å². The summed E-state index contributed by atoms with van der Waals surface area (Å²) in [7, 11) is 0. The van der Waals surface area contributed by atoms with Crippen molar-refractivity contribution in [1.82, 2.24) is 0 Å². The predicted octanol–water partition coefficient (Wildman–Crippen LogP) is 9.28. The van der Waals surface area contributed by atoms with Gasteiger partial charge < -0.3 is 5.32 Å². The van der Waals surface area contributed by atoms with Gasteiger partial charge in [-0.1, -0.05) is 103 Å². The fourth-order valence-corrected chi connectivity index (χ4v) is 4.31. The molecule has 0 bridgehead atoms. The molecular weight excluding hydrogens is 369 g/mol. The third-order valence-electron chi connectivity index (χ3n) is 6.04. The third kappa shape index (κ3) is 7.93. The Kier molecular flexibility index (Phi) is 12.2. The van der Waals surface area contributed by atoms with E-state index in [1.165, 1.54) is 44.9 Å². The Hall–Kier alpha value is -0.760. The molecule has 0 fully saturated rings. The molecule has 0 heterocycles. The zero-order valence-corrected chi connectivity index (χ0v) is 19.7. The highest BCUT2D eigenvalue weighted by Crippen LogP contribution is 2.40. The van der Waals surface area contributed by atoms with Crippen molar-refractivity contribution < 1.29 is 4.39 Å². The van der Waals surface area contributed by atoms with Crippen LogP contribution in [0.5, 0.6) is 0 Å². The quantitative estimate of drug-likeness (QED) is 0.283. The number of unbranched alkanes of at least 4 members (excludes halogenated alkanes) is 6. The summed E-state index contributed by atoms with van der Waals surface area (Å²) >= 11 is 6.49. The molecule has 0 spiro atoms. The van der Waals surface area contributed by atoms with Crippen LogP contribution in [0.1, 0.15) is 117 Å². The molecule has 1 aromatic carbocycles. The van der Waals surface area contributed by atoms with E-state index < -0.39 is 0 Å². The maximum Gasteiger partial charge on any atom is 0.147 e. The van der Waals surface area contributed by atoms with Crippen LogP contribution in [-0.4, -0.2) is 6.04 Å². The largest absolute Gasteiger partial charge is 0.381 e. The molecule has 0 saturated carbocycles. The molecule has 1 atom stereocenters. The Morgan fingerprint density at radius 3 is 2.00 bits per heavy atom. The minimum Gasteiger partial charge on any atom is -0.381 e. The van der Waals surface area contributed by atoms with E-state index in [0.717, 1.165) is 43.4 Å². The van der Waals surface area contributed by atoms with Crippen LogP contribution < -0.4 is 5.32 Å². The van der Waals surface area contributed by atoms with Gasteiger partial charge in [-0.15, -0.1) is 0 Å². The number of anilines is 1. The number of rotatable bonds is 15. The van der Waals surface area contributed by atoms with E-state index >= 15 is 4.39 Å². The Bertz CT molecular complexity index is 548. The average Bonchev–Trinajstić information content (AvgIpc) is 2.66. The average molecular weight is 412 g/mol. The van der Waals surface area contributed by atoms with E-state index in [1.807, 2.05) is 12.1 Å². The lowest BCUT2D eigenvalue weighted by Crippen LogP contribution is -2.24. The Morgan fingerprint density at radius 2 is 1.46 bits per heavy atom. The molecule has 0 aromatic heterocycles. The summed E-state index contributed by atoms with van der Waals surface area (Å²) in [4.78, 5) is 0. The summed E-state index contributed by atoms with van der Waals surface area (Å²) in [5.41, 5.74) is 1.40. The summed E-state index contributed by atoms with van der Waals surface area (Å²) in [5, 5.41) is 3.68. The number of halogens is 2. The Morgan fingerprint density at radius 1 is 0.929 bits per heavy atom. The van der Waals surface area contributed by atoms with Gasteiger partial charge in [-0.05, 0) is 43.2 Å². The minimum atomic E-state index is -0.220. The highest BCUT2D eigenvalue weighted by atomic mass is 35.5. The fourth-order valence-electron chi connectivity index (χ4n) is 4.09. The lowest BCUT2D eigenvalue weighted by atomic mass is 9.74. The maximum absolute atomic E-state index is 15.4. The van der Waals surface area contributed by atoms with Crippen LogP contribution in [0.4, 0.5) is 10.1 Å². The molecule has 162 valence electrons. The molecule has 1 unspecified atom stereocenters. The molecular formula is C25H43ClFN. The van der Waals surface area contributed by atoms with E-state index in [4.69, 9.17) is 11.6 Å². The van der Waals surface area contributed by atoms with E-state index in [2.05, 4.69) is 39.9 Å². The number of benzene rings is 1. The van der Waals surface area contributed by atoms with Crippen molar-refractivity contribution in [3.63, 3.8) is 0 Å². The van der Waals surface area contributed by atoms with Crippen LogP contribution in [0.15, 0.2) is 12.1 Å². The first-order valence-electron chi connectivity index (χ1n) is 11.6. The fraction of sp³-hybridized carbons (Fsp3) is 0.760. The van der Waals surface area contributed by atoms with Gasteiger partial charge in [-0.3, -0.25) is 0 Å². The second kappa shape index (κ2) is 13.5. The summed E-state index contributed by atoms with van der Waals surface area (Å²) in [6.45, 7) is 11.0. The molecule has 28 heavy (non-hydrogen) atoms. The van der Waals surface area contributed by atoms with Crippen LogP contribution in [0, 0.1) is 5.82 Å². The third-order valence-corrected chi connectivity index (χ3v) is 6.41. The van der Waals surface area contributed by atoms with Crippen LogP contribution in [0.2, 0.25) is 5.02 Å². The lowest BCUT2D eigenvalue weighted by Gasteiger charge is -2.32. The topological polar surface area (TPSA) is 12.0 Å². The van der Waals surface area contributed by atoms with E-state index in [9.17, 15) is 0 Å². The van der Waals surface area contributed by atoms with Crippen LogP contribution in [0.25, 0.3) is 0 Å². The minimum absolute atomic E-state index is 0.136. The number of hydrogen-bond acceptors (Lipinski definition) is 1. The molecule has 1 rings (SSSR count). The van der Waals surface area contributed by atoms with Gasteiger partial charge in [0.05, 0.1) is 10.7 Å². The van der Waals surface area contributed by atoms with Gasteiger partial charge in [-0.25, -0.2) is 4.39 Å². The number of hydrogen-bond donors (Lipinski definition) is 1. The van der Waals surface area contributed by atoms with Gasteiger partial charge in [0, 0.05) is 6.04 Å². The van der Waals surface area contributed by atoms with Crippen molar-refractivity contribution >= 4 is 17.3 Å². The highest BCUT2D eigenvalue weighted by Gasteiger charge is 2.30. The van der Waals surface area contributed by atoms with Crippen molar-refractivity contribution in [3.05, 3.63) is 28.5 Å². The molecule has 0 amide bonds. The Labute approximate surface area is 178 Å². The second-order valence-electron chi connectivity index (χ2n) is 8.80. The van der Waals surface area contributed by atoms with Crippen LogP contribution in [0.3, 0.4) is 0 Å². The molecule has 1 nitrogen and oxygen atoms in total. The summed E-state index contributed by atoms with van der Waals surface area (Å²) in [5.74, 6) is -0.220. The normalized spacial score (nSPS) is 13.0. The zero-order valence-electron chi connectivity index (χ0n) is 19.0. The van der Waals surface area contributed by atoms with Crippen molar-refractivity contribution in [3.8, 4) is 0 Å². The standard InChI is InChI=1S/C25H43ClFN/c1-6-9-12-15-20(4)28-22-17-16-21(24(27)23(22)26)25(5,18-13-10-7-2)19-14-11-8-3/h16-17,20,28H,6-15,18-19H2,1-5H3. The summed E-state index contributed by atoms with van der Waals surface area (Å²) in [6, 6.07) is 4.28. The molecule has 1 N–H and O–H groups in total. The van der Waals surface area contributed by atoms with Crippen LogP contribution >= 0.6 is 11.6 Å². The van der Waals surface area contributed by atoms with Crippen molar-refractivity contribution in [2.45, 2.75) is 123 Å². The summed E-state index contributed by atoms with van der Waals surface area (Å²) in [6.07, 6.45) is 13.8. The predicted molar refractivity (Wildman–Crippen MR) is 124 cm³/mol. The maximum atomic E-state index is 15.4. The van der Waals surface area contributed by atoms with Gasteiger partial charge in [0.1, 0.15) is 5.82 Å². The SMILES string of the molecule is CCCCCC(C)Nc1ccc(C(C)(CCCCC)CCCCC)c(F)c1Cl. The second-order valence-corrected chi connectivity index (χ2v) is 9.18. The number of nitrogens with one attached hydrogen (secondary N) is 1. The van der Waals surface area contributed by atoms with Crippen molar-refractivity contribution in [2.24, 2.45) is 0 Å². The lowest BCUT2D eigenvalue weighted by molar-refractivity contribution is 0.354. The summed E-state index contributed by atoms with van der Waals surface area (Å²) < 4.78 is 15.4. The highest BCUT2D eigenvalue weighted by molar-refractivity contribution is 6.33. The molecule has 0 saturated heterocycles. The van der Waals surface area contributed by atoms with Gasteiger partial charge in [0.2, 0.25) is 0 Å².